The van der Waals surface area contributed by atoms with Crippen LogP contribution in [-0.2, 0) is 0 Å². The van der Waals surface area contributed by atoms with Crippen molar-refractivity contribution in [2.75, 3.05) is 26.2 Å². The zero-order valence-corrected chi connectivity index (χ0v) is 13.5. The molecule has 22 heavy (non-hydrogen) atoms. The predicted octanol–water partition coefficient (Wildman–Crippen LogP) is 4.13. The number of benzene rings is 2. The van der Waals surface area contributed by atoms with Crippen LogP contribution in [0.5, 0.6) is 0 Å². The lowest BCUT2D eigenvalue weighted by molar-refractivity contribution is 0.198. The highest BCUT2D eigenvalue weighted by atomic mass is 35.5. The van der Waals surface area contributed by atoms with Crippen molar-refractivity contribution < 1.29 is 4.39 Å². The molecule has 1 aliphatic heterocycles. The summed E-state index contributed by atoms with van der Waals surface area (Å²) >= 11 is 12.6. The fraction of sp³-hybridized carbons (Fsp3) is 0.294. The summed E-state index contributed by atoms with van der Waals surface area (Å²) in [6.07, 6.45) is 0. The van der Waals surface area contributed by atoms with Gasteiger partial charge in [0.15, 0.2) is 0 Å². The Hall–Kier alpha value is -1.13. The molecule has 0 amide bonds. The van der Waals surface area contributed by atoms with Crippen molar-refractivity contribution >= 4 is 23.2 Å². The van der Waals surface area contributed by atoms with Gasteiger partial charge in [0.1, 0.15) is 5.82 Å². The molecule has 1 heterocycles. The summed E-state index contributed by atoms with van der Waals surface area (Å²) in [5, 5.41) is 4.40. The van der Waals surface area contributed by atoms with E-state index in [-0.39, 0.29) is 11.9 Å². The zero-order chi connectivity index (χ0) is 15.5. The summed E-state index contributed by atoms with van der Waals surface area (Å²) in [5.41, 5.74) is 1.81. The molecule has 116 valence electrons. The Labute approximate surface area is 139 Å². The summed E-state index contributed by atoms with van der Waals surface area (Å²) in [5.74, 6) is -0.240. The molecule has 1 saturated heterocycles. The molecule has 1 unspecified atom stereocenters. The Morgan fingerprint density at radius 2 is 1.77 bits per heavy atom. The van der Waals surface area contributed by atoms with Crippen LogP contribution in [0.4, 0.5) is 4.39 Å². The van der Waals surface area contributed by atoms with E-state index in [9.17, 15) is 4.39 Å². The molecule has 1 atom stereocenters. The van der Waals surface area contributed by atoms with Gasteiger partial charge in [-0.3, -0.25) is 4.90 Å². The Morgan fingerprint density at radius 1 is 1.05 bits per heavy atom. The normalized spacial score (nSPS) is 17.4. The van der Waals surface area contributed by atoms with Gasteiger partial charge in [-0.2, -0.15) is 0 Å². The first-order valence-corrected chi connectivity index (χ1v) is 8.06. The Bertz CT molecular complexity index is 657. The lowest BCUT2D eigenvalue weighted by Gasteiger charge is -2.36. The number of hydrogen-bond acceptors (Lipinski definition) is 2. The van der Waals surface area contributed by atoms with E-state index >= 15 is 0 Å². The van der Waals surface area contributed by atoms with Gasteiger partial charge in [-0.25, -0.2) is 4.39 Å². The fourth-order valence-electron chi connectivity index (χ4n) is 2.94. The minimum absolute atomic E-state index is 0.0935. The average molecular weight is 339 g/mol. The third kappa shape index (κ3) is 3.28. The molecule has 0 radical (unpaired) electrons. The minimum atomic E-state index is -0.240. The van der Waals surface area contributed by atoms with Crippen LogP contribution in [0.25, 0.3) is 0 Å². The van der Waals surface area contributed by atoms with Crippen molar-refractivity contribution in [2.24, 2.45) is 0 Å². The van der Waals surface area contributed by atoms with Gasteiger partial charge in [-0.1, -0.05) is 47.5 Å². The first-order valence-electron chi connectivity index (χ1n) is 7.31. The number of hydrogen-bond donors (Lipinski definition) is 1. The number of halogens is 3. The molecule has 0 spiro atoms. The largest absolute Gasteiger partial charge is 0.314 e. The maximum absolute atomic E-state index is 13.7. The second-order valence-electron chi connectivity index (χ2n) is 5.39. The van der Waals surface area contributed by atoms with E-state index in [0.29, 0.717) is 10.0 Å². The molecule has 0 saturated carbocycles. The van der Waals surface area contributed by atoms with E-state index in [1.54, 1.807) is 18.2 Å². The Kier molecular flexibility index (Phi) is 4.99. The molecule has 1 fully saturated rings. The van der Waals surface area contributed by atoms with Crippen molar-refractivity contribution in [1.82, 2.24) is 10.2 Å². The van der Waals surface area contributed by atoms with Gasteiger partial charge in [-0.05, 0) is 29.3 Å². The van der Waals surface area contributed by atoms with Gasteiger partial charge >= 0.3 is 0 Å². The van der Waals surface area contributed by atoms with Crippen LogP contribution in [0.2, 0.25) is 10.0 Å². The molecule has 0 aromatic heterocycles. The van der Waals surface area contributed by atoms with Gasteiger partial charge in [0.2, 0.25) is 0 Å². The average Bonchev–Trinajstić information content (AvgIpc) is 2.53. The van der Waals surface area contributed by atoms with Crippen molar-refractivity contribution in [2.45, 2.75) is 6.04 Å². The lowest BCUT2D eigenvalue weighted by atomic mass is 9.96. The van der Waals surface area contributed by atoms with Crippen LogP contribution in [0.1, 0.15) is 17.2 Å². The van der Waals surface area contributed by atoms with Gasteiger partial charge in [-0.15, -0.1) is 0 Å². The minimum Gasteiger partial charge on any atom is -0.314 e. The van der Waals surface area contributed by atoms with Crippen LogP contribution in [0.3, 0.4) is 0 Å². The third-order valence-corrected chi connectivity index (χ3v) is 4.79. The topological polar surface area (TPSA) is 15.3 Å². The van der Waals surface area contributed by atoms with Gasteiger partial charge in [0, 0.05) is 26.2 Å². The van der Waals surface area contributed by atoms with Gasteiger partial charge < -0.3 is 5.32 Å². The van der Waals surface area contributed by atoms with Gasteiger partial charge in [0.05, 0.1) is 16.1 Å². The molecule has 5 heteroatoms. The van der Waals surface area contributed by atoms with Crippen molar-refractivity contribution in [3.8, 4) is 0 Å². The third-order valence-electron chi connectivity index (χ3n) is 3.96. The molecule has 2 nitrogen and oxygen atoms in total. The molecule has 1 N–H and O–H groups in total. The number of nitrogens with zero attached hydrogens (tertiary/aromatic N) is 1. The highest BCUT2D eigenvalue weighted by Gasteiger charge is 2.26. The first kappa shape index (κ1) is 15.8. The fourth-order valence-corrected chi connectivity index (χ4v) is 3.35. The second kappa shape index (κ2) is 6.97. The number of piperazine rings is 1. The van der Waals surface area contributed by atoms with E-state index in [1.807, 2.05) is 18.2 Å². The number of nitrogens with one attached hydrogen (secondary N) is 1. The van der Waals surface area contributed by atoms with E-state index in [4.69, 9.17) is 23.2 Å². The van der Waals surface area contributed by atoms with Crippen LogP contribution in [-0.4, -0.2) is 31.1 Å². The van der Waals surface area contributed by atoms with Crippen LogP contribution in [0.15, 0.2) is 42.5 Å². The predicted molar refractivity (Wildman–Crippen MR) is 89.1 cm³/mol. The summed E-state index contributed by atoms with van der Waals surface area (Å²) in [7, 11) is 0. The molecular formula is C17H17Cl2FN2. The van der Waals surface area contributed by atoms with E-state index in [0.717, 1.165) is 37.3 Å². The molecule has 1 aliphatic rings. The monoisotopic (exact) mass is 338 g/mol. The van der Waals surface area contributed by atoms with Crippen molar-refractivity contribution in [3.63, 3.8) is 0 Å². The summed E-state index contributed by atoms with van der Waals surface area (Å²) < 4.78 is 13.7. The van der Waals surface area contributed by atoms with E-state index < -0.39 is 0 Å². The molecule has 2 aromatic rings. The number of rotatable bonds is 3. The standard InChI is InChI=1S/C17H17Cl2FN2/c18-15-6-2-5-14(16(15)19)17(22-9-7-21-8-10-22)12-3-1-4-13(20)11-12/h1-6,11,17,21H,7-10H2. The Balaban J connectivity index is 2.07. The highest BCUT2D eigenvalue weighted by molar-refractivity contribution is 6.42. The summed E-state index contributed by atoms with van der Waals surface area (Å²) in [6.45, 7) is 3.57. The SMILES string of the molecule is Fc1cccc(C(c2cccc(Cl)c2Cl)N2CCNCC2)c1. The molecule has 0 aliphatic carbocycles. The smallest absolute Gasteiger partial charge is 0.123 e. The quantitative estimate of drug-likeness (QED) is 0.905. The Morgan fingerprint density at radius 3 is 2.50 bits per heavy atom. The summed E-state index contributed by atoms with van der Waals surface area (Å²) in [4.78, 5) is 2.31. The van der Waals surface area contributed by atoms with E-state index in [2.05, 4.69) is 10.2 Å². The van der Waals surface area contributed by atoms with Crippen LogP contribution < -0.4 is 5.32 Å². The second-order valence-corrected chi connectivity index (χ2v) is 6.17. The zero-order valence-electron chi connectivity index (χ0n) is 12.0. The van der Waals surface area contributed by atoms with Crippen LogP contribution in [0, 0.1) is 5.82 Å². The molecule has 2 aromatic carbocycles. The summed E-state index contributed by atoms with van der Waals surface area (Å²) in [6, 6.07) is 12.2. The van der Waals surface area contributed by atoms with E-state index in [1.165, 1.54) is 6.07 Å². The molecule has 0 bridgehead atoms. The molecule has 3 rings (SSSR count). The van der Waals surface area contributed by atoms with Crippen molar-refractivity contribution in [3.05, 3.63) is 69.5 Å². The van der Waals surface area contributed by atoms with Gasteiger partial charge in [0.25, 0.3) is 0 Å². The maximum Gasteiger partial charge on any atom is 0.123 e. The van der Waals surface area contributed by atoms with Crippen molar-refractivity contribution in [1.29, 1.82) is 0 Å². The first-order chi connectivity index (χ1) is 10.7. The molecular weight excluding hydrogens is 322 g/mol. The van der Waals surface area contributed by atoms with Crippen LogP contribution >= 0.6 is 23.2 Å². The lowest BCUT2D eigenvalue weighted by Crippen LogP contribution is -2.45. The maximum atomic E-state index is 13.7. The highest BCUT2D eigenvalue weighted by Crippen LogP contribution is 2.37.